The minimum atomic E-state index is -0.00694. The number of nitrogens with zero attached hydrogens (tertiary/aromatic N) is 1. The van der Waals surface area contributed by atoms with E-state index in [0.717, 1.165) is 23.5 Å². The van der Waals surface area contributed by atoms with Gasteiger partial charge in [-0.05, 0) is 23.5 Å². The van der Waals surface area contributed by atoms with Gasteiger partial charge in [-0.3, -0.25) is 5.14 Å². The number of nitrogens with two attached hydrogens (primary N) is 2. The number of anilines is 1. The summed E-state index contributed by atoms with van der Waals surface area (Å²) in [7, 11) is 0. The van der Waals surface area contributed by atoms with E-state index in [1.807, 2.05) is 0 Å². The largest absolute Gasteiger partial charge is 0.503 e. The first-order valence-corrected chi connectivity index (χ1v) is 3.72. The summed E-state index contributed by atoms with van der Waals surface area (Å²) >= 11 is 2.03. The molecule has 1 aromatic rings. The average molecular weight is 163 g/mol. The molecule has 0 fully saturated rings. The van der Waals surface area contributed by atoms with Crippen molar-refractivity contribution in [3.05, 3.63) is 0 Å². The lowest BCUT2D eigenvalue weighted by Crippen LogP contribution is -1.82. The Morgan fingerprint density at radius 1 is 1.67 bits per heavy atom. The van der Waals surface area contributed by atoms with Gasteiger partial charge in [0.2, 0.25) is 0 Å². The SMILES string of the molecule is NSc1snc(N)c1O. The second kappa shape index (κ2) is 2.42. The van der Waals surface area contributed by atoms with Crippen LogP contribution < -0.4 is 10.9 Å². The summed E-state index contributed by atoms with van der Waals surface area (Å²) in [6, 6.07) is 0. The fraction of sp³-hybridized carbons (Fsp3) is 0. The zero-order chi connectivity index (χ0) is 6.85. The molecular weight excluding hydrogens is 158 g/mol. The lowest BCUT2D eigenvalue weighted by molar-refractivity contribution is 0.469. The monoisotopic (exact) mass is 163 g/mol. The summed E-state index contributed by atoms with van der Waals surface area (Å²) in [5, 5.41) is 14.1. The molecule has 0 amide bonds. The van der Waals surface area contributed by atoms with E-state index in [0.29, 0.717) is 4.21 Å². The standard InChI is InChI=1S/C3H5N3OS2/c4-2-1(7)3(8-5)9-6-2/h7H,5H2,(H2,4,6). The maximum absolute atomic E-state index is 8.96. The topological polar surface area (TPSA) is 85.2 Å². The molecule has 0 aliphatic heterocycles. The van der Waals surface area contributed by atoms with Crippen molar-refractivity contribution in [2.24, 2.45) is 5.14 Å². The van der Waals surface area contributed by atoms with Crippen LogP contribution in [0.15, 0.2) is 4.21 Å². The molecule has 0 saturated carbocycles. The fourth-order valence-corrected chi connectivity index (χ4v) is 1.32. The molecule has 4 nitrogen and oxygen atoms in total. The fourth-order valence-electron chi connectivity index (χ4n) is 0.359. The number of hydrogen-bond acceptors (Lipinski definition) is 6. The Morgan fingerprint density at radius 2 is 2.33 bits per heavy atom. The molecule has 1 rings (SSSR count). The minimum Gasteiger partial charge on any atom is -0.503 e. The van der Waals surface area contributed by atoms with E-state index in [-0.39, 0.29) is 11.6 Å². The van der Waals surface area contributed by atoms with E-state index in [2.05, 4.69) is 4.37 Å². The molecule has 0 atom stereocenters. The number of nitrogen functional groups attached to an aromatic ring is 1. The third kappa shape index (κ3) is 1.09. The zero-order valence-corrected chi connectivity index (χ0v) is 6.00. The minimum absolute atomic E-state index is 0.00694. The highest BCUT2D eigenvalue weighted by atomic mass is 32.2. The molecule has 0 spiro atoms. The van der Waals surface area contributed by atoms with Crippen LogP contribution in [0.1, 0.15) is 0 Å². The highest BCUT2D eigenvalue weighted by molar-refractivity contribution is 7.99. The second-order valence-electron chi connectivity index (χ2n) is 1.32. The van der Waals surface area contributed by atoms with Crippen LogP contribution in [0.4, 0.5) is 5.82 Å². The van der Waals surface area contributed by atoms with Crippen LogP contribution in [0.5, 0.6) is 5.75 Å². The van der Waals surface area contributed by atoms with Gasteiger partial charge in [-0.15, -0.1) is 0 Å². The van der Waals surface area contributed by atoms with E-state index in [1.165, 1.54) is 0 Å². The summed E-state index contributed by atoms with van der Waals surface area (Å²) < 4.78 is 4.20. The van der Waals surface area contributed by atoms with Gasteiger partial charge in [0.1, 0.15) is 4.21 Å². The molecule has 1 aromatic heterocycles. The number of hydrogen-bond donors (Lipinski definition) is 3. The van der Waals surface area contributed by atoms with Crippen LogP contribution in [0.3, 0.4) is 0 Å². The summed E-state index contributed by atoms with van der Waals surface area (Å²) in [5.74, 6) is 0.139. The van der Waals surface area contributed by atoms with Crippen molar-refractivity contribution in [3.63, 3.8) is 0 Å². The first-order valence-electron chi connectivity index (χ1n) is 2.06. The van der Waals surface area contributed by atoms with E-state index in [4.69, 9.17) is 16.0 Å². The normalized spacial score (nSPS) is 9.89. The van der Waals surface area contributed by atoms with Gasteiger partial charge >= 0.3 is 0 Å². The highest BCUT2D eigenvalue weighted by Crippen LogP contribution is 2.33. The molecule has 0 aliphatic rings. The molecular formula is C3H5N3OS2. The van der Waals surface area contributed by atoms with Crippen LogP contribution in [-0.4, -0.2) is 9.48 Å². The molecule has 9 heavy (non-hydrogen) atoms. The Morgan fingerprint density at radius 3 is 2.56 bits per heavy atom. The lowest BCUT2D eigenvalue weighted by atomic mass is 10.6. The highest BCUT2D eigenvalue weighted by Gasteiger charge is 2.07. The lowest BCUT2D eigenvalue weighted by Gasteiger charge is -1.87. The maximum Gasteiger partial charge on any atom is 0.186 e. The quantitative estimate of drug-likeness (QED) is 0.522. The van der Waals surface area contributed by atoms with Crippen molar-refractivity contribution in [1.29, 1.82) is 0 Å². The van der Waals surface area contributed by atoms with Crippen LogP contribution in [0, 0.1) is 0 Å². The second-order valence-corrected chi connectivity index (χ2v) is 3.00. The Bertz CT molecular complexity index is 211. The van der Waals surface area contributed by atoms with Crippen LogP contribution >= 0.6 is 23.5 Å². The first kappa shape index (κ1) is 6.66. The van der Waals surface area contributed by atoms with Crippen LogP contribution in [-0.2, 0) is 0 Å². The van der Waals surface area contributed by atoms with Crippen molar-refractivity contribution in [2.45, 2.75) is 4.21 Å². The Hall–Kier alpha value is -0.460. The zero-order valence-electron chi connectivity index (χ0n) is 4.37. The van der Waals surface area contributed by atoms with Gasteiger partial charge in [0, 0.05) is 0 Å². The Balaban J connectivity index is 3.04. The van der Waals surface area contributed by atoms with E-state index in [1.54, 1.807) is 0 Å². The van der Waals surface area contributed by atoms with Gasteiger partial charge in [0.25, 0.3) is 0 Å². The van der Waals surface area contributed by atoms with E-state index >= 15 is 0 Å². The molecule has 1 heterocycles. The molecule has 0 unspecified atom stereocenters. The molecule has 0 aliphatic carbocycles. The molecule has 6 heteroatoms. The maximum atomic E-state index is 8.96. The van der Waals surface area contributed by atoms with Gasteiger partial charge in [0.15, 0.2) is 11.6 Å². The first-order chi connectivity index (χ1) is 4.25. The number of rotatable bonds is 1. The van der Waals surface area contributed by atoms with Gasteiger partial charge in [-0.2, -0.15) is 4.37 Å². The average Bonchev–Trinajstić information content (AvgIpc) is 2.15. The molecule has 0 radical (unpaired) electrons. The van der Waals surface area contributed by atoms with E-state index < -0.39 is 0 Å². The third-order valence-electron chi connectivity index (χ3n) is 0.770. The molecule has 0 aromatic carbocycles. The number of aromatic nitrogens is 1. The van der Waals surface area contributed by atoms with E-state index in [9.17, 15) is 0 Å². The summed E-state index contributed by atoms with van der Waals surface area (Å²) in [6.45, 7) is 0. The summed E-state index contributed by atoms with van der Waals surface area (Å²) in [6.07, 6.45) is 0. The smallest absolute Gasteiger partial charge is 0.186 e. The predicted molar refractivity (Wildman–Crippen MR) is 38.2 cm³/mol. The summed E-state index contributed by atoms with van der Waals surface area (Å²) in [5.41, 5.74) is 5.20. The van der Waals surface area contributed by atoms with Crippen LogP contribution in [0.25, 0.3) is 0 Å². The molecule has 5 N–H and O–H groups in total. The third-order valence-corrected chi connectivity index (χ3v) is 2.34. The van der Waals surface area contributed by atoms with Gasteiger partial charge in [-0.1, -0.05) is 0 Å². The number of aromatic hydroxyl groups is 1. The van der Waals surface area contributed by atoms with Crippen molar-refractivity contribution >= 4 is 29.3 Å². The molecule has 50 valence electrons. The van der Waals surface area contributed by atoms with Crippen LogP contribution in [0.2, 0.25) is 0 Å². The molecule has 0 saturated heterocycles. The van der Waals surface area contributed by atoms with Crippen molar-refractivity contribution in [1.82, 2.24) is 4.37 Å². The van der Waals surface area contributed by atoms with Gasteiger partial charge in [-0.25, -0.2) is 0 Å². The van der Waals surface area contributed by atoms with Crippen molar-refractivity contribution in [2.75, 3.05) is 5.73 Å². The summed E-state index contributed by atoms with van der Waals surface area (Å²) in [4.78, 5) is 0. The van der Waals surface area contributed by atoms with Crippen molar-refractivity contribution in [3.8, 4) is 5.75 Å². The van der Waals surface area contributed by atoms with Crippen molar-refractivity contribution < 1.29 is 5.11 Å². The van der Waals surface area contributed by atoms with Gasteiger partial charge < -0.3 is 10.8 Å². The molecule has 0 bridgehead atoms. The Labute approximate surface area is 60.2 Å². The Kier molecular flexibility index (Phi) is 1.79. The predicted octanol–water partition coefficient (Wildman–Crippen LogP) is 0.397. The van der Waals surface area contributed by atoms with Gasteiger partial charge in [0.05, 0.1) is 0 Å².